The van der Waals surface area contributed by atoms with Gasteiger partial charge in [0.05, 0.1) is 16.3 Å². The molecule has 0 radical (unpaired) electrons. The van der Waals surface area contributed by atoms with E-state index in [0.29, 0.717) is 27.8 Å². The smallest absolute Gasteiger partial charge is 0.209 e. The van der Waals surface area contributed by atoms with Crippen molar-refractivity contribution in [3.63, 3.8) is 0 Å². The van der Waals surface area contributed by atoms with Crippen LogP contribution >= 0.6 is 23.1 Å². The first-order chi connectivity index (χ1) is 11.5. The second kappa shape index (κ2) is 6.74. The number of thioether (sulfide) groups is 1. The van der Waals surface area contributed by atoms with E-state index in [9.17, 15) is 9.59 Å². The maximum atomic E-state index is 12.4. The van der Waals surface area contributed by atoms with Crippen LogP contribution in [0.4, 0.5) is 0 Å². The topological polar surface area (TPSA) is 91.5 Å². The molecular formula is C16H16N4O2S2. The first-order valence-corrected chi connectivity index (χ1v) is 9.16. The van der Waals surface area contributed by atoms with Crippen LogP contribution in [0.3, 0.4) is 0 Å². The number of Topliss-reactive ketones (excluding diaryl/α,β-unsaturated/α-hetero) is 2. The number of ketones is 2. The lowest BCUT2D eigenvalue weighted by atomic mass is 10.1. The highest BCUT2D eigenvalue weighted by Gasteiger charge is 2.20. The van der Waals surface area contributed by atoms with Gasteiger partial charge >= 0.3 is 0 Å². The number of aryl methyl sites for hydroxylation is 1. The Balaban J connectivity index is 1.70. The maximum Gasteiger partial charge on any atom is 0.209 e. The largest absolute Gasteiger partial charge is 0.355 e. The molecule has 0 spiro atoms. The first kappa shape index (κ1) is 16.7. The van der Waals surface area contributed by atoms with E-state index in [1.165, 1.54) is 18.7 Å². The zero-order valence-electron chi connectivity index (χ0n) is 13.5. The van der Waals surface area contributed by atoms with Gasteiger partial charge in [-0.25, -0.2) is 4.98 Å². The molecule has 8 heteroatoms. The predicted molar refractivity (Wildman–Crippen MR) is 95.0 cm³/mol. The second-order valence-corrected chi connectivity index (χ2v) is 7.23. The van der Waals surface area contributed by atoms with E-state index in [4.69, 9.17) is 0 Å². The highest BCUT2D eigenvalue weighted by Crippen LogP contribution is 2.24. The zero-order chi connectivity index (χ0) is 17.3. The molecule has 0 fully saturated rings. The molecule has 3 aromatic heterocycles. The highest BCUT2D eigenvalue weighted by atomic mass is 32.2. The maximum absolute atomic E-state index is 12.4. The quantitative estimate of drug-likeness (QED) is 0.517. The van der Waals surface area contributed by atoms with E-state index < -0.39 is 0 Å². The van der Waals surface area contributed by atoms with E-state index >= 15 is 0 Å². The van der Waals surface area contributed by atoms with Crippen LogP contribution in [0.15, 0.2) is 22.7 Å². The van der Waals surface area contributed by atoms with Crippen LogP contribution in [0.25, 0.3) is 10.7 Å². The van der Waals surface area contributed by atoms with E-state index in [0.717, 1.165) is 10.6 Å². The molecule has 0 aromatic carbocycles. The predicted octanol–water partition coefficient (Wildman–Crippen LogP) is 3.66. The SMILES string of the molecule is CC(=O)c1c(C)[nH]c(C(=O)CSc2n[nH]c(-c3cccs3)n2)c1C. The lowest BCUT2D eigenvalue weighted by molar-refractivity contribution is 0.101. The number of aromatic amines is 2. The van der Waals surface area contributed by atoms with Crippen molar-refractivity contribution in [2.24, 2.45) is 0 Å². The zero-order valence-corrected chi connectivity index (χ0v) is 15.1. The molecule has 3 aromatic rings. The van der Waals surface area contributed by atoms with E-state index in [1.54, 1.807) is 25.2 Å². The minimum absolute atomic E-state index is 0.0393. The van der Waals surface area contributed by atoms with Crippen molar-refractivity contribution in [3.05, 3.63) is 40.0 Å². The average molecular weight is 360 g/mol. The molecule has 3 heterocycles. The Hall–Kier alpha value is -2.19. The van der Waals surface area contributed by atoms with Gasteiger partial charge in [0.15, 0.2) is 17.4 Å². The van der Waals surface area contributed by atoms with Crippen molar-refractivity contribution < 1.29 is 9.59 Å². The van der Waals surface area contributed by atoms with E-state index in [-0.39, 0.29) is 17.3 Å². The molecular weight excluding hydrogens is 344 g/mol. The third kappa shape index (κ3) is 3.20. The number of carbonyl (C=O) groups is 2. The number of nitrogens with zero attached hydrogens (tertiary/aromatic N) is 2. The molecule has 3 rings (SSSR count). The third-order valence-corrected chi connectivity index (χ3v) is 5.34. The number of aromatic nitrogens is 4. The Bertz CT molecular complexity index is 893. The summed E-state index contributed by atoms with van der Waals surface area (Å²) < 4.78 is 0. The van der Waals surface area contributed by atoms with Crippen molar-refractivity contribution in [2.45, 2.75) is 25.9 Å². The summed E-state index contributed by atoms with van der Waals surface area (Å²) in [5.74, 6) is 0.795. The number of carbonyl (C=O) groups excluding carboxylic acids is 2. The highest BCUT2D eigenvalue weighted by molar-refractivity contribution is 7.99. The summed E-state index contributed by atoms with van der Waals surface area (Å²) in [6.07, 6.45) is 0. The molecule has 0 saturated carbocycles. The normalized spacial score (nSPS) is 11.0. The molecule has 24 heavy (non-hydrogen) atoms. The summed E-state index contributed by atoms with van der Waals surface area (Å²) in [5, 5.41) is 9.50. The fourth-order valence-electron chi connectivity index (χ4n) is 2.59. The molecule has 0 aliphatic heterocycles. The van der Waals surface area contributed by atoms with Gasteiger partial charge in [-0.05, 0) is 37.8 Å². The van der Waals surface area contributed by atoms with Crippen LogP contribution in [0.2, 0.25) is 0 Å². The van der Waals surface area contributed by atoms with Gasteiger partial charge in [0, 0.05) is 11.3 Å². The molecule has 124 valence electrons. The lowest BCUT2D eigenvalue weighted by Crippen LogP contribution is -2.05. The van der Waals surface area contributed by atoms with Crippen LogP contribution in [-0.2, 0) is 0 Å². The van der Waals surface area contributed by atoms with Crippen LogP contribution in [0.1, 0.15) is 39.0 Å². The van der Waals surface area contributed by atoms with Gasteiger partial charge in [-0.15, -0.1) is 16.4 Å². The van der Waals surface area contributed by atoms with Gasteiger partial charge in [0.2, 0.25) is 5.16 Å². The Morgan fingerprint density at radius 3 is 2.75 bits per heavy atom. The fourth-order valence-corrected chi connectivity index (χ4v) is 3.93. The van der Waals surface area contributed by atoms with Crippen LogP contribution in [0.5, 0.6) is 0 Å². The summed E-state index contributed by atoms with van der Waals surface area (Å²) in [5.41, 5.74) is 2.52. The van der Waals surface area contributed by atoms with Crippen molar-refractivity contribution in [2.75, 3.05) is 5.75 Å². The lowest BCUT2D eigenvalue weighted by Gasteiger charge is -1.99. The van der Waals surface area contributed by atoms with E-state index in [2.05, 4.69) is 20.2 Å². The Labute approximate surface area is 147 Å². The monoisotopic (exact) mass is 360 g/mol. The first-order valence-electron chi connectivity index (χ1n) is 7.29. The van der Waals surface area contributed by atoms with Gasteiger partial charge < -0.3 is 4.98 Å². The molecule has 2 N–H and O–H groups in total. The molecule has 0 unspecified atom stereocenters. The molecule has 0 aliphatic rings. The summed E-state index contributed by atoms with van der Waals surface area (Å²) in [7, 11) is 0. The van der Waals surface area contributed by atoms with Gasteiger partial charge in [-0.3, -0.25) is 14.7 Å². The molecule has 0 bridgehead atoms. The number of H-pyrrole nitrogens is 2. The fraction of sp³-hybridized carbons (Fsp3) is 0.250. The molecule has 0 amide bonds. The van der Waals surface area contributed by atoms with Gasteiger partial charge in [-0.2, -0.15) is 0 Å². The summed E-state index contributed by atoms with van der Waals surface area (Å²) in [6, 6.07) is 3.90. The van der Waals surface area contributed by atoms with Crippen LogP contribution in [0, 0.1) is 13.8 Å². The average Bonchev–Trinajstić information content (AvgIpc) is 3.24. The van der Waals surface area contributed by atoms with Gasteiger partial charge in [0.1, 0.15) is 0 Å². The number of hydrogen-bond donors (Lipinski definition) is 2. The number of thiophene rings is 1. The molecule has 0 aliphatic carbocycles. The Morgan fingerprint density at radius 2 is 2.12 bits per heavy atom. The van der Waals surface area contributed by atoms with Crippen molar-refractivity contribution in [3.8, 4) is 10.7 Å². The van der Waals surface area contributed by atoms with Gasteiger partial charge in [0.25, 0.3) is 0 Å². The molecule has 0 atom stereocenters. The molecule has 0 saturated heterocycles. The van der Waals surface area contributed by atoms with Crippen molar-refractivity contribution in [1.82, 2.24) is 20.2 Å². The third-order valence-electron chi connectivity index (χ3n) is 3.62. The van der Waals surface area contributed by atoms with E-state index in [1.807, 2.05) is 17.5 Å². The minimum atomic E-state index is -0.0735. The number of hydrogen-bond acceptors (Lipinski definition) is 6. The second-order valence-electron chi connectivity index (χ2n) is 5.34. The minimum Gasteiger partial charge on any atom is -0.355 e. The number of rotatable bonds is 6. The van der Waals surface area contributed by atoms with Crippen LogP contribution in [-0.4, -0.2) is 37.5 Å². The summed E-state index contributed by atoms with van der Waals surface area (Å²) in [6.45, 7) is 5.10. The Kier molecular flexibility index (Phi) is 4.68. The van der Waals surface area contributed by atoms with Crippen molar-refractivity contribution in [1.29, 1.82) is 0 Å². The summed E-state index contributed by atoms with van der Waals surface area (Å²) in [4.78, 5) is 32.5. The van der Waals surface area contributed by atoms with Crippen molar-refractivity contribution >= 4 is 34.7 Å². The summed E-state index contributed by atoms with van der Waals surface area (Å²) >= 11 is 2.84. The van der Waals surface area contributed by atoms with Gasteiger partial charge in [-0.1, -0.05) is 17.8 Å². The number of nitrogens with one attached hydrogen (secondary N) is 2. The van der Waals surface area contributed by atoms with Crippen LogP contribution < -0.4 is 0 Å². The standard InChI is InChI=1S/C16H16N4O2S2/c1-8-13(10(3)21)9(2)17-14(8)11(22)7-24-16-18-15(19-20-16)12-5-4-6-23-12/h4-6,17H,7H2,1-3H3,(H,18,19,20). The molecule has 6 nitrogen and oxygen atoms in total. The Morgan fingerprint density at radius 1 is 1.33 bits per heavy atom.